The Kier molecular flexibility index (Phi) is 6.82. The molecule has 0 unspecified atom stereocenters. The van der Waals surface area contributed by atoms with E-state index in [2.05, 4.69) is 4.98 Å². The number of carbonyl (C=O) groups excluding carboxylic acids is 2. The van der Waals surface area contributed by atoms with Crippen molar-refractivity contribution in [2.24, 2.45) is 0 Å². The molecular formula is C22H24N2O4S. The van der Waals surface area contributed by atoms with E-state index in [9.17, 15) is 9.59 Å². The van der Waals surface area contributed by atoms with E-state index in [1.807, 2.05) is 55.5 Å². The van der Waals surface area contributed by atoms with Crippen LogP contribution in [0.1, 0.15) is 30.0 Å². The number of aryl methyl sites for hydroxylation is 1. The van der Waals surface area contributed by atoms with Crippen LogP contribution in [0, 0.1) is 0 Å². The zero-order chi connectivity index (χ0) is 20.8. The topological polar surface area (TPSA) is 68.7 Å². The lowest BCUT2D eigenvalue weighted by Crippen LogP contribution is -2.33. The number of methoxy groups -OCH3 is 1. The number of likely N-dealkylation sites (N-methyl/N-ethyl adjacent to an activating group) is 1. The SMILES string of the molecule is COc1ccccc1CCC(=O)OCC(=O)N(C)[C@@H](C)c1nc2ccccc2s1. The van der Waals surface area contributed by atoms with Gasteiger partial charge in [0.2, 0.25) is 0 Å². The number of aromatic nitrogens is 1. The van der Waals surface area contributed by atoms with Crippen LogP contribution < -0.4 is 4.74 Å². The van der Waals surface area contributed by atoms with Crippen LogP contribution in [0.2, 0.25) is 0 Å². The third kappa shape index (κ3) is 5.12. The number of fused-ring (bicyclic) bond motifs is 1. The third-order valence-corrected chi connectivity index (χ3v) is 6.00. The monoisotopic (exact) mass is 412 g/mol. The molecule has 0 radical (unpaired) electrons. The van der Waals surface area contributed by atoms with Crippen LogP contribution in [0.15, 0.2) is 48.5 Å². The van der Waals surface area contributed by atoms with Gasteiger partial charge in [-0.2, -0.15) is 0 Å². The summed E-state index contributed by atoms with van der Waals surface area (Å²) in [5, 5.41) is 0.851. The molecule has 0 saturated carbocycles. The largest absolute Gasteiger partial charge is 0.496 e. The maximum absolute atomic E-state index is 12.5. The van der Waals surface area contributed by atoms with Crippen LogP contribution in [-0.4, -0.2) is 42.5 Å². The van der Waals surface area contributed by atoms with E-state index < -0.39 is 5.97 Å². The second-order valence-electron chi connectivity index (χ2n) is 6.67. The first-order valence-electron chi connectivity index (χ1n) is 9.38. The van der Waals surface area contributed by atoms with Crippen LogP contribution in [-0.2, 0) is 20.7 Å². The van der Waals surface area contributed by atoms with Crippen molar-refractivity contribution in [3.63, 3.8) is 0 Å². The van der Waals surface area contributed by atoms with Gasteiger partial charge in [0, 0.05) is 13.5 Å². The molecule has 7 heteroatoms. The van der Waals surface area contributed by atoms with Gasteiger partial charge in [-0.25, -0.2) is 4.98 Å². The molecule has 0 N–H and O–H groups in total. The molecule has 0 saturated heterocycles. The summed E-state index contributed by atoms with van der Waals surface area (Å²) in [5.74, 6) is 0.0634. The Morgan fingerprint density at radius 1 is 1.14 bits per heavy atom. The zero-order valence-electron chi connectivity index (χ0n) is 16.8. The van der Waals surface area contributed by atoms with E-state index in [1.165, 1.54) is 0 Å². The Morgan fingerprint density at radius 2 is 1.86 bits per heavy atom. The number of hydrogen-bond acceptors (Lipinski definition) is 6. The van der Waals surface area contributed by atoms with Crippen molar-refractivity contribution in [3.8, 4) is 5.75 Å². The standard InChI is InChI=1S/C22H24N2O4S/c1-15(22-23-17-9-5-7-11-19(17)29-22)24(2)20(25)14-28-21(26)13-12-16-8-4-6-10-18(16)27-3/h4-11,15H,12-14H2,1-3H3/t15-/m0/s1. The van der Waals surface area contributed by atoms with Crippen molar-refractivity contribution in [2.75, 3.05) is 20.8 Å². The fourth-order valence-electron chi connectivity index (χ4n) is 2.91. The van der Waals surface area contributed by atoms with Gasteiger partial charge in [-0.1, -0.05) is 30.3 Å². The number of benzene rings is 2. The number of carbonyl (C=O) groups is 2. The van der Waals surface area contributed by atoms with Crippen LogP contribution in [0.5, 0.6) is 5.75 Å². The first kappa shape index (κ1) is 20.8. The average Bonchev–Trinajstić information content (AvgIpc) is 3.19. The highest BCUT2D eigenvalue weighted by molar-refractivity contribution is 7.18. The van der Waals surface area contributed by atoms with Gasteiger partial charge in [0.1, 0.15) is 10.8 Å². The van der Waals surface area contributed by atoms with Gasteiger partial charge in [0.05, 0.1) is 23.4 Å². The number of thiazole rings is 1. The number of esters is 1. The molecule has 3 aromatic rings. The molecule has 0 spiro atoms. The molecule has 3 rings (SSSR count). The van der Waals surface area contributed by atoms with Gasteiger partial charge in [-0.3, -0.25) is 9.59 Å². The van der Waals surface area contributed by atoms with Crippen LogP contribution in [0.25, 0.3) is 10.2 Å². The molecular weight excluding hydrogens is 388 g/mol. The third-order valence-electron chi connectivity index (χ3n) is 4.79. The van der Waals surface area contributed by atoms with Crippen LogP contribution in [0.3, 0.4) is 0 Å². The number of ether oxygens (including phenoxy) is 2. The van der Waals surface area contributed by atoms with Gasteiger partial charge in [-0.15, -0.1) is 11.3 Å². The van der Waals surface area contributed by atoms with Gasteiger partial charge in [0.25, 0.3) is 5.91 Å². The van der Waals surface area contributed by atoms with Gasteiger partial charge >= 0.3 is 5.97 Å². The second kappa shape index (κ2) is 9.52. The summed E-state index contributed by atoms with van der Waals surface area (Å²) in [5.41, 5.74) is 1.85. The van der Waals surface area contributed by atoms with E-state index in [1.54, 1.807) is 30.4 Å². The van der Waals surface area contributed by atoms with Crippen molar-refractivity contribution in [1.29, 1.82) is 0 Å². The lowest BCUT2D eigenvalue weighted by Gasteiger charge is -2.23. The Bertz CT molecular complexity index is 968. The Morgan fingerprint density at radius 3 is 2.62 bits per heavy atom. The molecule has 0 aliphatic heterocycles. The quantitative estimate of drug-likeness (QED) is 0.523. The number of nitrogens with zero attached hydrogens (tertiary/aromatic N) is 2. The van der Waals surface area contributed by atoms with Gasteiger partial charge < -0.3 is 14.4 Å². The summed E-state index contributed by atoms with van der Waals surface area (Å²) in [4.78, 5) is 30.7. The number of amides is 1. The van der Waals surface area contributed by atoms with Gasteiger partial charge in [-0.05, 0) is 37.1 Å². The summed E-state index contributed by atoms with van der Waals surface area (Å²) in [7, 11) is 3.29. The highest BCUT2D eigenvalue weighted by atomic mass is 32.1. The first-order valence-corrected chi connectivity index (χ1v) is 10.2. The summed E-state index contributed by atoms with van der Waals surface area (Å²) in [6.45, 7) is 1.63. The van der Waals surface area contributed by atoms with Crippen molar-refractivity contribution in [1.82, 2.24) is 9.88 Å². The van der Waals surface area contributed by atoms with Gasteiger partial charge in [0.15, 0.2) is 6.61 Å². The molecule has 1 aromatic heterocycles. The lowest BCUT2D eigenvalue weighted by atomic mass is 10.1. The van der Waals surface area contributed by atoms with Crippen molar-refractivity contribution >= 4 is 33.4 Å². The minimum Gasteiger partial charge on any atom is -0.496 e. The van der Waals surface area contributed by atoms with Crippen molar-refractivity contribution in [3.05, 3.63) is 59.1 Å². The fourth-order valence-corrected chi connectivity index (χ4v) is 3.98. The Hall–Kier alpha value is -2.93. The molecule has 1 amide bonds. The average molecular weight is 413 g/mol. The summed E-state index contributed by atoms with van der Waals surface area (Å²) in [6.07, 6.45) is 0.680. The van der Waals surface area contributed by atoms with Crippen molar-refractivity contribution in [2.45, 2.75) is 25.8 Å². The maximum atomic E-state index is 12.5. The summed E-state index contributed by atoms with van der Waals surface area (Å²) < 4.78 is 11.5. The molecule has 1 atom stereocenters. The molecule has 2 aromatic carbocycles. The molecule has 152 valence electrons. The molecule has 0 aliphatic rings. The molecule has 0 fully saturated rings. The molecule has 1 heterocycles. The highest BCUT2D eigenvalue weighted by Gasteiger charge is 2.21. The number of para-hydroxylation sites is 2. The van der Waals surface area contributed by atoms with E-state index in [0.717, 1.165) is 26.5 Å². The number of hydrogen-bond donors (Lipinski definition) is 0. The molecule has 0 aliphatic carbocycles. The predicted molar refractivity (Wildman–Crippen MR) is 113 cm³/mol. The Balaban J connectivity index is 1.50. The van der Waals surface area contributed by atoms with Crippen LogP contribution >= 0.6 is 11.3 Å². The highest BCUT2D eigenvalue weighted by Crippen LogP contribution is 2.28. The smallest absolute Gasteiger partial charge is 0.306 e. The Labute approximate surface area is 174 Å². The predicted octanol–water partition coefficient (Wildman–Crippen LogP) is 4.00. The molecule has 0 bridgehead atoms. The number of rotatable bonds is 8. The summed E-state index contributed by atoms with van der Waals surface area (Å²) in [6, 6.07) is 15.2. The minimum absolute atomic E-state index is 0.185. The van der Waals surface area contributed by atoms with E-state index in [4.69, 9.17) is 9.47 Å². The van der Waals surface area contributed by atoms with E-state index >= 15 is 0 Å². The first-order chi connectivity index (χ1) is 14.0. The molecule has 29 heavy (non-hydrogen) atoms. The fraction of sp³-hybridized carbons (Fsp3) is 0.318. The zero-order valence-corrected chi connectivity index (χ0v) is 17.6. The molecule has 6 nitrogen and oxygen atoms in total. The lowest BCUT2D eigenvalue weighted by molar-refractivity contribution is -0.152. The minimum atomic E-state index is -0.412. The van der Waals surface area contributed by atoms with Crippen molar-refractivity contribution < 1.29 is 19.1 Å². The van der Waals surface area contributed by atoms with E-state index in [0.29, 0.717) is 6.42 Å². The van der Waals surface area contributed by atoms with E-state index in [-0.39, 0.29) is 25.0 Å². The summed E-state index contributed by atoms with van der Waals surface area (Å²) >= 11 is 1.56. The second-order valence-corrected chi connectivity index (χ2v) is 7.74. The van der Waals surface area contributed by atoms with Crippen LogP contribution in [0.4, 0.5) is 0 Å². The normalized spacial score (nSPS) is 11.8. The maximum Gasteiger partial charge on any atom is 0.306 e.